The van der Waals surface area contributed by atoms with Crippen LogP contribution in [0.3, 0.4) is 0 Å². The van der Waals surface area contributed by atoms with E-state index in [1.807, 2.05) is 19.0 Å². The van der Waals surface area contributed by atoms with Gasteiger partial charge in [0.1, 0.15) is 5.82 Å². The lowest BCUT2D eigenvalue weighted by molar-refractivity contribution is -0.137. The monoisotopic (exact) mass is 240 g/mol. The molecule has 0 aliphatic carbocycles. The fourth-order valence-corrected chi connectivity index (χ4v) is 1.90. The summed E-state index contributed by atoms with van der Waals surface area (Å²) >= 11 is 0. The van der Waals surface area contributed by atoms with Gasteiger partial charge in [-0.3, -0.25) is 4.79 Å². The van der Waals surface area contributed by atoms with E-state index >= 15 is 0 Å². The number of benzene rings is 1. The quantitative estimate of drug-likeness (QED) is 0.812. The largest absolute Gasteiger partial charge is 0.481 e. The molecule has 94 valence electrons. The first-order chi connectivity index (χ1) is 7.91. The van der Waals surface area contributed by atoms with Crippen LogP contribution in [-0.2, 0) is 4.79 Å². The molecule has 1 rings (SSSR count). The van der Waals surface area contributed by atoms with E-state index < -0.39 is 12.0 Å². The van der Waals surface area contributed by atoms with E-state index in [1.165, 1.54) is 12.1 Å². The summed E-state index contributed by atoms with van der Waals surface area (Å²) in [7, 11) is 3.63. The minimum atomic E-state index is -0.938. The normalized spacial score (nSPS) is 14.6. The van der Waals surface area contributed by atoms with Crippen LogP contribution in [0.5, 0.6) is 0 Å². The van der Waals surface area contributed by atoms with E-state index in [2.05, 4.69) is 0 Å². The van der Waals surface area contributed by atoms with Crippen molar-refractivity contribution in [3.05, 3.63) is 35.6 Å². The van der Waals surface area contributed by atoms with Gasteiger partial charge in [0.2, 0.25) is 0 Å². The van der Waals surface area contributed by atoms with Crippen LogP contribution in [0.25, 0.3) is 0 Å². The Balaban J connectivity index is 2.92. The minimum Gasteiger partial charge on any atom is -0.481 e. The Morgan fingerprint density at radius 1 is 1.41 bits per heavy atom. The zero-order valence-corrected chi connectivity index (χ0v) is 9.93. The summed E-state index contributed by atoms with van der Waals surface area (Å²) in [6.07, 6.45) is -0.125. The molecule has 3 N–H and O–H groups in total. The summed E-state index contributed by atoms with van der Waals surface area (Å²) < 4.78 is 12.8. The summed E-state index contributed by atoms with van der Waals surface area (Å²) in [6.45, 7) is 0. The number of rotatable bonds is 5. The number of nitrogens with zero attached hydrogens (tertiary/aromatic N) is 1. The Morgan fingerprint density at radius 2 is 1.94 bits per heavy atom. The van der Waals surface area contributed by atoms with Crippen LogP contribution in [0.4, 0.5) is 4.39 Å². The summed E-state index contributed by atoms with van der Waals surface area (Å²) in [5, 5.41) is 8.75. The van der Waals surface area contributed by atoms with Crippen LogP contribution in [0.1, 0.15) is 18.0 Å². The van der Waals surface area contributed by atoms with Crippen molar-refractivity contribution in [2.45, 2.75) is 18.5 Å². The highest BCUT2D eigenvalue weighted by Gasteiger charge is 2.24. The molecule has 0 heterocycles. The molecule has 5 heteroatoms. The predicted molar refractivity (Wildman–Crippen MR) is 63.1 cm³/mol. The third-order valence-electron chi connectivity index (χ3n) is 2.58. The van der Waals surface area contributed by atoms with Crippen LogP contribution in [-0.4, -0.2) is 36.1 Å². The number of nitrogens with two attached hydrogens (primary N) is 1. The molecule has 17 heavy (non-hydrogen) atoms. The molecule has 2 atom stereocenters. The van der Waals surface area contributed by atoms with Crippen molar-refractivity contribution in [3.63, 3.8) is 0 Å². The standard InChI is InChI=1S/C12H17FN2O2/c1-15(2)12(10(14)7-11(16)17)8-3-5-9(13)6-4-8/h3-6,10,12H,7,14H2,1-2H3,(H,16,17). The summed E-state index contributed by atoms with van der Waals surface area (Å²) in [4.78, 5) is 12.5. The molecular weight excluding hydrogens is 223 g/mol. The molecule has 0 fully saturated rings. The topological polar surface area (TPSA) is 66.6 Å². The van der Waals surface area contributed by atoms with Crippen molar-refractivity contribution in [1.29, 1.82) is 0 Å². The van der Waals surface area contributed by atoms with Crippen LogP contribution in [0.15, 0.2) is 24.3 Å². The van der Waals surface area contributed by atoms with Crippen LogP contribution in [0, 0.1) is 5.82 Å². The van der Waals surface area contributed by atoms with Crippen LogP contribution in [0.2, 0.25) is 0 Å². The number of hydrogen-bond acceptors (Lipinski definition) is 3. The number of likely N-dealkylation sites (N-methyl/N-ethyl adjacent to an activating group) is 1. The number of hydrogen-bond donors (Lipinski definition) is 2. The second-order valence-electron chi connectivity index (χ2n) is 4.22. The smallest absolute Gasteiger partial charge is 0.304 e. The summed E-state index contributed by atoms with van der Waals surface area (Å²) in [5.41, 5.74) is 6.68. The average molecular weight is 240 g/mol. The third kappa shape index (κ3) is 3.80. The number of aliphatic carboxylic acids is 1. The van der Waals surface area contributed by atoms with Crippen molar-refractivity contribution in [2.24, 2.45) is 5.73 Å². The molecule has 2 unspecified atom stereocenters. The molecule has 0 saturated heterocycles. The lowest BCUT2D eigenvalue weighted by Crippen LogP contribution is -2.38. The van der Waals surface area contributed by atoms with Gasteiger partial charge in [0, 0.05) is 12.1 Å². The van der Waals surface area contributed by atoms with Gasteiger partial charge in [0.15, 0.2) is 0 Å². The van der Waals surface area contributed by atoms with E-state index in [1.54, 1.807) is 12.1 Å². The molecular formula is C12H17FN2O2. The van der Waals surface area contributed by atoms with E-state index in [9.17, 15) is 9.18 Å². The first-order valence-corrected chi connectivity index (χ1v) is 5.31. The van der Waals surface area contributed by atoms with Crippen molar-refractivity contribution < 1.29 is 14.3 Å². The van der Waals surface area contributed by atoms with Gasteiger partial charge in [-0.25, -0.2) is 4.39 Å². The van der Waals surface area contributed by atoms with Gasteiger partial charge < -0.3 is 15.7 Å². The Kier molecular flexibility index (Phi) is 4.60. The van der Waals surface area contributed by atoms with Crippen molar-refractivity contribution in [1.82, 2.24) is 4.90 Å². The van der Waals surface area contributed by atoms with E-state index in [-0.39, 0.29) is 18.3 Å². The molecule has 4 nitrogen and oxygen atoms in total. The number of carboxylic acids is 1. The molecule has 1 aromatic rings. The number of halogens is 1. The van der Waals surface area contributed by atoms with Gasteiger partial charge in [0.25, 0.3) is 0 Å². The number of carboxylic acid groups (broad SMARTS) is 1. The van der Waals surface area contributed by atoms with E-state index in [0.29, 0.717) is 0 Å². The summed E-state index contributed by atoms with van der Waals surface area (Å²) in [5.74, 6) is -1.26. The molecule has 0 aromatic heterocycles. The van der Waals surface area contributed by atoms with Crippen LogP contribution < -0.4 is 5.73 Å². The molecule has 0 aliphatic rings. The van der Waals surface area contributed by atoms with Gasteiger partial charge in [-0.1, -0.05) is 12.1 Å². The fraction of sp³-hybridized carbons (Fsp3) is 0.417. The Labute approximate surface area is 99.8 Å². The lowest BCUT2D eigenvalue weighted by Gasteiger charge is -2.29. The molecule has 0 saturated carbocycles. The molecule has 0 spiro atoms. The second kappa shape index (κ2) is 5.75. The average Bonchev–Trinajstić information content (AvgIpc) is 2.19. The molecule has 0 aliphatic heterocycles. The molecule has 0 radical (unpaired) electrons. The molecule has 0 bridgehead atoms. The van der Waals surface area contributed by atoms with Crippen molar-refractivity contribution in [3.8, 4) is 0 Å². The van der Waals surface area contributed by atoms with Gasteiger partial charge in [0.05, 0.1) is 6.42 Å². The first kappa shape index (κ1) is 13.6. The Bertz CT molecular complexity index is 379. The maximum Gasteiger partial charge on any atom is 0.304 e. The van der Waals surface area contributed by atoms with Gasteiger partial charge in [-0.05, 0) is 31.8 Å². The highest BCUT2D eigenvalue weighted by atomic mass is 19.1. The third-order valence-corrected chi connectivity index (χ3v) is 2.58. The second-order valence-corrected chi connectivity index (χ2v) is 4.22. The minimum absolute atomic E-state index is 0.125. The Hall–Kier alpha value is -1.46. The highest BCUT2D eigenvalue weighted by Crippen LogP contribution is 2.22. The maximum absolute atomic E-state index is 12.8. The molecule has 0 amide bonds. The van der Waals surface area contributed by atoms with Gasteiger partial charge in [-0.2, -0.15) is 0 Å². The lowest BCUT2D eigenvalue weighted by atomic mass is 9.96. The number of carbonyl (C=O) groups is 1. The fourth-order valence-electron chi connectivity index (χ4n) is 1.90. The first-order valence-electron chi connectivity index (χ1n) is 5.31. The highest BCUT2D eigenvalue weighted by molar-refractivity contribution is 5.67. The van der Waals surface area contributed by atoms with E-state index in [0.717, 1.165) is 5.56 Å². The Morgan fingerprint density at radius 3 is 2.35 bits per heavy atom. The predicted octanol–water partition coefficient (Wildman–Crippen LogP) is 1.23. The summed E-state index contributed by atoms with van der Waals surface area (Å²) in [6, 6.07) is 5.17. The van der Waals surface area contributed by atoms with Crippen LogP contribution >= 0.6 is 0 Å². The van der Waals surface area contributed by atoms with Crippen molar-refractivity contribution in [2.75, 3.05) is 14.1 Å². The zero-order chi connectivity index (χ0) is 13.0. The zero-order valence-electron chi connectivity index (χ0n) is 9.93. The SMILES string of the molecule is CN(C)C(c1ccc(F)cc1)C(N)CC(=O)O. The maximum atomic E-state index is 12.8. The van der Waals surface area contributed by atoms with Crippen molar-refractivity contribution >= 4 is 5.97 Å². The van der Waals surface area contributed by atoms with Gasteiger partial charge >= 0.3 is 5.97 Å². The molecule has 1 aromatic carbocycles. The van der Waals surface area contributed by atoms with Gasteiger partial charge in [-0.15, -0.1) is 0 Å². The van der Waals surface area contributed by atoms with E-state index in [4.69, 9.17) is 10.8 Å².